The Hall–Kier alpha value is -0.690. The Labute approximate surface area is 92.9 Å². The summed E-state index contributed by atoms with van der Waals surface area (Å²) in [6.07, 6.45) is 12.1. The first-order chi connectivity index (χ1) is 7.27. The van der Waals surface area contributed by atoms with Gasteiger partial charge in [-0.25, -0.2) is 0 Å². The lowest BCUT2D eigenvalue weighted by Crippen LogP contribution is -2.10. The van der Waals surface area contributed by atoms with Crippen molar-refractivity contribution in [1.29, 1.82) is 0 Å². The van der Waals surface area contributed by atoms with Crippen LogP contribution in [0, 0.1) is 5.41 Å². The fourth-order valence-corrected chi connectivity index (χ4v) is 2.61. The molecule has 3 heteroatoms. The number of hydrogen-bond donors (Lipinski definition) is 0. The number of unbranched alkanes of at least 4 members (excludes halogenated alkanes) is 3. The summed E-state index contributed by atoms with van der Waals surface area (Å²) < 4.78 is 0. The van der Waals surface area contributed by atoms with Crippen molar-refractivity contribution in [3.8, 4) is 0 Å². The summed E-state index contributed by atoms with van der Waals surface area (Å²) in [5.74, 6) is 0. The smallest absolute Gasteiger partial charge is 0.0257 e. The van der Waals surface area contributed by atoms with Crippen molar-refractivity contribution < 1.29 is 0 Å². The predicted octanol–water partition coefficient (Wildman–Crippen LogP) is 4.83. The van der Waals surface area contributed by atoms with Gasteiger partial charge in [0.2, 0.25) is 0 Å². The van der Waals surface area contributed by atoms with Crippen molar-refractivity contribution in [3.05, 3.63) is 10.4 Å². The number of nitrogens with zero attached hydrogens (tertiary/aromatic N) is 3. The van der Waals surface area contributed by atoms with Gasteiger partial charge >= 0.3 is 0 Å². The second-order valence-corrected chi connectivity index (χ2v) is 5.14. The highest BCUT2D eigenvalue weighted by Crippen LogP contribution is 2.41. The van der Waals surface area contributed by atoms with Crippen LogP contribution in [0.1, 0.15) is 64.7 Å². The quantitative estimate of drug-likeness (QED) is 0.249. The van der Waals surface area contributed by atoms with E-state index in [0.29, 0.717) is 12.0 Å². The van der Waals surface area contributed by atoms with Gasteiger partial charge in [-0.3, -0.25) is 0 Å². The Bertz CT molecular complexity index is 213. The molecule has 0 atom stereocenters. The van der Waals surface area contributed by atoms with Crippen LogP contribution in [0.3, 0.4) is 0 Å². The Balaban J connectivity index is 1.94. The second kappa shape index (κ2) is 6.73. The molecular formula is C12H23N3. The lowest BCUT2D eigenvalue weighted by molar-refractivity contribution is 0.294. The third kappa shape index (κ3) is 5.08. The van der Waals surface area contributed by atoms with E-state index in [-0.39, 0.29) is 0 Å². The minimum Gasteiger partial charge on any atom is -0.0940 e. The molecule has 1 fully saturated rings. The molecule has 1 aliphatic rings. The van der Waals surface area contributed by atoms with Gasteiger partial charge in [0.15, 0.2) is 0 Å². The van der Waals surface area contributed by atoms with Crippen molar-refractivity contribution in [3.63, 3.8) is 0 Å². The summed E-state index contributed by atoms with van der Waals surface area (Å²) in [6.45, 7) is 3.12. The zero-order chi connectivity index (χ0) is 11.0. The first-order valence-electron chi connectivity index (χ1n) is 6.28. The van der Waals surface area contributed by atoms with E-state index in [1.807, 2.05) is 0 Å². The van der Waals surface area contributed by atoms with Gasteiger partial charge in [0.1, 0.15) is 0 Å². The minimum atomic E-state index is 0.658. The zero-order valence-electron chi connectivity index (χ0n) is 9.91. The average molecular weight is 209 g/mol. The monoisotopic (exact) mass is 209 g/mol. The maximum absolute atomic E-state index is 8.10. The van der Waals surface area contributed by atoms with Crippen LogP contribution in [0.4, 0.5) is 0 Å². The molecule has 0 bridgehead atoms. The predicted molar refractivity (Wildman–Crippen MR) is 63.7 cm³/mol. The van der Waals surface area contributed by atoms with Crippen LogP contribution in [0.2, 0.25) is 0 Å². The summed E-state index contributed by atoms with van der Waals surface area (Å²) in [6, 6.07) is 0. The lowest BCUT2D eigenvalue weighted by Gasteiger charge is -2.22. The Morgan fingerprint density at radius 2 is 1.80 bits per heavy atom. The molecule has 0 amide bonds. The van der Waals surface area contributed by atoms with E-state index >= 15 is 0 Å². The zero-order valence-corrected chi connectivity index (χ0v) is 9.91. The van der Waals surface area contributed by atoms with E-state index in [2.05, 4.69) is 16.9 Å². The maximum Gasteiger partial charge on any atom is 0.0257 e. The molecule has 0 aliphatic heterocycles. The molecule has 0 N–H and O–H groups in total. The molecule has 15 heavy (non-hydrogen) atoms. The fraction of sp³-hybridized carbons (Fsp3) is 1.00. The van der Waals surface area contributed by atoms with Crippen molar-refractivity contribution in [2.24, 2.45) is 10.5 Å². The van der Waals surface area contributed by atoms with E-state index in [1.165, 1.54) is 51.4 Å². The highest BCUT2D eigenvalue weighted by Gasteiger charge is 2.27. The molecule has 86 valence electrons. The van der Waals surface area contributed by atoms with Gasteiger partial charge < -0.3 is 0 Å². The Morgan fingerprint density at radius 1 is 1.13 bits per heavy atom. The van der Waals surface area contributed by atoms with E-state index in [1.54, 1.807) is 0 Å². The minimum absolute atomic E-state index is 0.658. The number of hydrogen-bond acceptors (Lipinski definition) is 1. The molecule has 3 nitrogen and oxygen atoms in total. The Kier molecular flexibility index (Phi) is 5.56. The first-order valence-corrected chi connectivity index (χ1v) is 6.28. The van der Waals surface area contributed by atoms with Crippen LogP contribution in [0.15, 0.2) is 5.11 Å². The maximum atomic E-state index is 8.10. The topological polar surface area (TPSA) is 48.8 Å². The highest BCUT2D eigenvalue weighted by atomic mass is 15.1. The molecule has 0 radical (unpaired) electrons. The number of azide groups is 1. The largest absolute Gasteiger partial charge is 0.0940 e. The lowest BCUT2D eigenvalue weighted by atomic mass is 9.83. The van der Waals surface area contributed by atoms with E-state index in [0.717, 1.165) is 6.42 Å². The summed E-state index contributed by atoms with van der Waals surface area (Å²) in [4.78, 5) is 2.75. The van der Waals surface area contributed by atoms with Crippen LogP contribution < -0.4 is 0 Å². The van der Waals surface area contributed by atoms with Gasteiger partial charge in [-0.1, -0.05) is 44.1 Å². The van der Waals surface area contributed by atoms with Crippen LogP contribution in [0.25, 0.3) is 10.4 Å². The van der Waals surface area contributed by atoms with Crippen LogP contribution >= 0.6 is 0 Å². The molecule has 0 saturated heterocycles. The summed E-state index contributed by atoms with van der Waals surface area (Å²) in [7, 11) is 0. The van der Waals surface area contributed by atoms with Crippen LogP contribution in [-0.4, -0.2) is 6.54 Å². The first kappa shape index (κ1) is 12.4. The molecule has 1 aliphatic carbocycles. The molecular weight excluding hydrogens is 186 g/mol. The molecule has 0 aromatic rings. The van der Waals surface area contributed by atoms with Gasteiger partial charge in [0.25, 0.3) is 0 Å². The van der Waals surface area contributed by atoms with Crippen molar-refractivity contribution in [1.82, 2.24) is 0 Å². The van der Waals surface area contributed by atoms with Gasteiger partial charge in [-0.05, 0) is 36.6 Å². The second-order valence-electron chi connectivity index (χ2n) is 5.14. The van der Waals surface area contributed by atoms with Gasteiger partial charge in [-0.2, -0.15) is 0 Å². The molecule has 0 heterocycles. The van der Waals surface area contributed by atoms with Gasteiger partial charge in [0.05, 0.1) is 0 Å². The Morgan fingerprint density at radius 3 is 2.47 bits per heavy atom. The van der Waals surface area contributed by atoms with E-state index in [4.69, 9.17) is 5.53 Å². The third-order valence-corrected chi connectivity index (χ3v) is 3.66. The van der Waals surface area contributed by atoms with Crippen molar-refractivity contribution in [2.75, 3.05) is 6.54 Å². The molecule has 0 spiro atoms. The fourth-order valence-electron chi connectivity index (χ4n) is 2.61. The summed E-state index contributed by atoms with van der Waals surface area (Å²) in [5.41, 5.74) is 8.76. The SMILES string of the molecule is CC1(CCCCCCN=[N+]=[N-])CCCC1. The molecule has 1 rings (SSSR count). The van der Waals surface area contributed by atoms with Crippen molar-refractivity contribution in [2.45, 2.75) is 64.7 Å². The molecule has 0 aromatic carbocycles. The standard InChI is InChI=1S/C12H23N3/c1-12(9-5-6-10-12)8-4-2-3-7-11-14-15-13/h2-11H2,1H3. The van der Waals surface area contributed by atoms with E-state index < -0.39 is 0 Å². The number of rotatable bonds is 7. The summed E-state index contributed by atoms with van der Waals surface area (Å²) in [5, 5.41) is 3.54. The van der Waals surface area contributed by atoms with Gasteiger partial charge in [0, 0.05) is 11.5 Å². The average Bonchev–Trinajstić information content (AvgIpc) is 2.64. The molecule has 1 saturated carbocycles. The molecule has 0 unspecified atom stereocenters. The van der Waals surface area contributed by atoms with Gasteiger partial charge in [-0.15, -0.1) is 0 Å². The third-order valence-electron chi connectivity index (χ3n) is 3.66. The van der Waals surface area contributed by atoms with Crippen LogP contribution in [0.5, 0.6) is 0 Å². The normalized spacial score (nSPS) is 18.7. The highest BCUT2D eigenvalue weighted by molar-refractivity contribution is 4.79. The van der Waals surface area contributed by atoms with E-state index in [9.17, 15) is 0 Å². The van der Waals surface area contributed by atoms with Crippen molar-refractivity contribution >= 4 is 0 Å². The summed E-state index contributed by atoms with van der Waals surface area (Å²) >= 11 is 0. The van der Waals surface area contributed by atoms with Crippen LogP contribution in [-0.2, 0) is 0 Å². The molecule has 0 aromatic heterocycles.